The Balaban J connectivity index is 2.02. The van der Waals surface area contributed by atoms with Gasteiger partial charge in [0.25, 0.3) is 0 Å². The van der Waals surface area contributed by atoms with E-state index in [-0.39, 0.29) is 0 Å². The highest BCUT2D eigenvalue weighted by Crippen LogP contribution is 2.38. The van der Waals surface area contributed by atoms with E-state index in [0.717, 1.165) is 10.2 Å². The van der Waals surface area contributed by atoms with Crippen LogP contribution in [0.25, 0.3) is 0 Å². The monoisotopic (exact) mass is 302 g/mol. The summed E-state index contributed by atoms with van der Waals surface area (Å²) in [6.07, 6.45) is 5.52. The zero-order valence-corrected chi connectivity index (χ0v) is 11.9. The summed E-state index contributed by atoms with van der Waals surface area (Å²) in [6.45, 7) is 4.65. The molecule has 1 heterocycles. The van der Waals surface area contributed by atoms with Crippen molar-refractivity contribution >= 4 is 33.2 Å². The molecule has 0 amide bonds. The first kappa shape index (κ1) is 12.2. The molecule has 0 aliphatic heterocycles. The maximum Gasteiger partial charge on any atom is 0.143 e. The highest BCUT2D eigenvalue weighted by molar-refractivity contribution is 9.10. The predicted octanol–water partition coefficient (Wildman–Crippen LogP) is 4.49. The van der Waals surface area contributed by atoms with E-state index in [0.29, 0.717) is 16.6 Å². The molecule has 4 heteroatoms. The lowest BCUT2D eigenvalue weighted by Crippen LogP contribution is -2.17. The SMILES string of the molecule is CC1(C)CCC(Nc2cnc(Cl)c(Br)c2)C1. The second-order valence-corrected chi connectivity index (χ2v) is 6.46. The average Bonchev–Trinajstić information content (AvgIpc) is 2.52. The molecule has 1 atom stereocenters. The van der Waals surface area contributed by atoms with E-state index in [9.17, 15) is 0 Å². The van der Waals surface area contributed by atoms with Crippen molar-refractivity contribution in [3.8, 4) is 0 Å². The molecule has 0 bridgehead atoms. The van der Waals surface area contributed by atoms with Crippen molar-refractivity contribution in [1.82, 2.24) is 4.98 Å². The Morgan fingerprint density at radius 1 is 1.56 bits per heavy atom. The Labute approximate surface area is 110 Å². The standard InChI is InChI=1S/C12H16BrClN2/c1-12(2)4-3-8(6-12)16-9-5-10(13)11(14)15-7-9/h5,7-8,16H,3-4,6H2,1-2H3. The number of aromatic nitrogens is 1. The lowest BCUT2D eigenvalue weighted by atomic mass is 9.92. The van der Waals surface area contributed by atoms with E-state index in [2.05, 4.69) is 40.1 Å². The molecule has 1 aromatic heterocycles. The molecular weight excluding hydrogens is 288 g/mol. The fourth-order valence-corrected chi connectivity index (χ4v) is 2.75. The topological polar surface area (TPSA) is 24.9 Å². The summed E-state index contributed by atoms with van der Waals surface area (Å²) in [6, 6.07) is 2.55. The quantitative estimate of drug-likeness (QED) is 0.814. The van der Waals surface area contributed by atoms with Gasteiger partial charge in [-0.2, -0.15) is 0 Å². The molecule has 88 valence electrons. The average molecular weight is 304 g/mol. The Morgan fingerprint density at radius 3 is 2.88 bits per heavy atom. The molecular formula is C12H16BrClN2. The van der Waals surface area contributed by atoms with Gasteiger partial charge in [0.15, 0.2) is 0 Å². The smallest absolute Gasteiger partial charge is 0.143 e. The highest BCUT2D eigenvalue weighted by atomic mass is 79.9. The fourth-order valence-electron chi connectivity index (χ4n) is 2.30. The summed E-state index contributed by atoms with van der Waals surface area (Å²) in [5.74, 6) is 0. The van der Waals surface area contributed by atoms with Crippen LogP contribution in [0.2, 0.25) is 5.15 Å². The van der Waals surface area contributed by atoms with Crippen LogP contribution >= 0.6 is 27.5 Å². The van der Waals surface area contributed by atoms with E-state index >= 15 is 0 Å². The molecule has 1 unspecified atom stereocenters. The molecule has 1 aromatic rings. The number of rotatable bonds is 2. The number of pyridine rings is 1. The van der Waals surface area contributed by atoms with Crippen LogP contribution in [-0.4, -0.2) is 11.0 Å². The summed E-state index contributed by atoms with van der Waals surface area (Å²) in [5.41, 5.74) is 1.51. The Kier molecular flexibility index (Phi) is 3.45. The molecule has 16 heavy (non-hydrogen) atoms. The molecule has 0 aromatic carbocycles. The minimum Gasteiger partial charge on any atom is -0.381 e. The second kappa shape index (κ2) is 4.53. The van der Waals surface area contributed by atoms with Gasteiger partial charge in [-0.1, -0.05) is 25.4 Å². The number of hydrogen-bond donors (Lipinski definition) is 1. The van der Waals surface area contributed by atoms with Crippen LogP contribution in [-0.2, 0) is 0 Å². The van der Waals surface area contributed by atoms with Gasteiger partial charge in [0, 0.05) is 6.04 Å². The van der Waals surface area contributed by atoms with Gasteiger partial charge < -0.3 is 5.32 Å². The fraction of sp³-hybridized carbons (Fsp3) is 0.583. The van der Waals surface area contributed by atoms with Crippen LogP contribution in [0, 0.1) is 5.41 Å². The molecule has 1 fully saturated rings. The van der Waals surface area contributed by atoms with Gasteiger partial charge >= 0.3 is 0 Å². The second-order valence-electron chi connectivity index (χ2n) is 5.24. The Morgan fingerprint density at radius 2 is 2.31 bits per heavy atom. The van der Waals surface area contributed by atoms with Crippen molar-refractivity contribution in [2.24, 2.45) is 5.41 Å². The van der Waals surface area contributed by atoms with Crippen LogP contribution < -0.4 is 5.32 Å². The summed E-state index contributed by atoms with van der Waals surface area (Å²) in [4.78, 5) is 4.11. The minimum absolute atomic E-state index is 0.467. The minimum atomic E-state index is 0.467. The van der Waals surface area contributed by atoms with Crippen molar-refractivity contribution in [2.75, 3.05) is 5.32 Å². The van der Waals surface area contributed by atoms with Crippen molar-refractivity contribution in [2.45, 2.75) is 39.2 Å². The molecule has 2 rings (SSSR count). The van der Waals surface area contributed by atoms with Crippen molar-refractivity contribution in [1.29, 1.82) is 0 Å². The van der Waals surface area contributed by atoms with Gasteiger partial charge in [-0.05, 0) is 46.7 Å². The third-order valence-electron chi connectivity index (χ3n) is 3.14. The summed E-state index contributed by atoms with van der Waals surface area (Å²) >= 11 is 9.24. The first-order valence-corrected chi connectivity index (χ1v) is 6.71. The van der Waals surface area contributed by atoms with Crippen LogP contribution in [0.1, 0.15) is 33.1 Å². The molecule has 2 nitrogen and oxygen atoms in total. The summed E-state index contributed by atoms with van der Waals surface area (Å²) in [5, 5.41) is 4.02. The maximum atomic E-state index is 5.86. The summed E-state index contributed by atoms with van der Waals surface area (Å²) < 4.78 is 0.844. The van der Waals surface area contributed by atoms with Crippen LogP contribution in [0.5, 0.6) is 0 Å². The molecule has 1 N–H and O–H groups in total. The van der Waals surface area contributed by atoms with E-state index in [1.165, 1.54) is 19.3 Å². The van der Waals surface area contributed by atoms with Gasteiger partial charge in [0.1, 0.15) is 5.15 Å². The lowest BCUT2D eigenvalue weighted by Gasteiger charge is -2.18. The van der Waals surface area contributed by atoms with Gasteiger partial charge in [-0.15, -0.1) is 0 Å². The van der Waals surface area contributed by atoms with Crippen molar-refractivity contribution < 1.29 is 0 Å². The third-order valence-corrected chi connectivity index (χ3v) is 4.27. The van der Waals surface area contributed by atoms with E-state index < -0.39 is 0 Å². The first-order valence-electron chi connectivity index (χ1n) is 5.54. The highest BCUT2D eigenvalue weighted by Gasteiger charge is 2.30. The van der Waals surface area contributed by atoms with Gasteiger partial charge in [0.2, 0.25) is 0 Å². The van der Waals surface area contributed by atoms with Gasteiger partial charge in [-0.25, -0.2) is 4.98 Å². The third kappa shape index (κ3) is 2.89. The predicted molar refractivity (Wildman–Crippen MR) is 72.0 cm³/mol. The Bertz CT molecular complexity index is 393. The van der Waals surface area contributed by atoms with Crippen LogP contribution in [0.3, 0.4) is 0 Å². The number of halogens is 2. The number of hydrogen-bond acceptors (Lipinski definition) is 2. The molecule has 0 spiro atoms. The van der Waals surface area contributed by atoms with E-state index in [1.54, 1.807) is 6.20 Å². The van der Waals surface area contributed by atoms with Crippen LogP contribution in [0.4, 0.5) is 5.69 Å². The van der Waals surface area contributed by atoms with Crippen molar-refractivity contribution in [3.05, 3.63) is 21.9 Å². The van der Waals surface area contributed by atoms with E-state index in [1.807, 2.05) is 6.07 Å². The lowest BCUT2D eigenvalue weighted by molar-refractivity contribution is 0.378. The normalized spacial score (nSPS) is 23.4. The number of anilines is 1. The van der Waals surface area contributed by atoms with Gasteiger partial charge in [0.05, 0.1) is 16.4 Å². The first-order chi connectivity index (χ1) is 7.46. The largest absolute Gasteiger partial charge is 0.381 e. The molecule has 1 saturated carbocycles. The summed E-state index contributed by atoms with van der Waals surface area (Å²) in [7, 11) is 0. The molecule has 1 aliphatic carbocycles. The van der Waals surface area contributed by atoms with E-state index in [4.69, 9.17) is 11.6 Å². The zero-order chi connectivity index (χ0) is 11.8. The Hall–Kier alpha value is -0.280. The molecule has 0 saturated heterocycles. The zero-order valence-electron chi connectivity index (χ0n) is 9.56. The van der Waals surface area contributed by atoms with Crippen molar-refractivity contribution in [3.63, 3.8) is 0 Å². The molecule has 0 radical (unpaired) electrons. The van der Waals surface area contributed by atoms with Gasteiger partial charge in [-0.3, -0.25) is 0 Å². The van der Waals surface area contributed by atoms with Crippen LogP contribution in [0.15, 0.2) is 16.7 Å². The number of nitrogens with zero attached hydrogens (tertiary/aromatic N) is 1. The molecule has 1 aliphatic rings. The maximum absolute atomic E-state index is 5.86. The number of nitrogens with one attached hydrogen (secondary N) is 1.